The molecule has 0 aromatic heterocycles. The first-order chi connectivity index (χ1) is 12.3. The number of rotatable bonds is 3. The van der Waals surface area contributed by atoms with Gasteiger partial charge in [-0.3, -0.25) is 0 Å². The Balaban J connectivity index is 1.95. The number of anilines is 1. The summed E-state index contributed by atoms with van der Waals surface area (Å²) >= 11 is 0. The predicted molar refractivity (Wildman–Crippen MR) is 92.1 cm³/mol. The summed E-state index contributed by atoms with van der Waals surface area (Å²) in [6.07, 6.45) is -0.400. The van der Waals surface area contributed by atoms with Gasteiger partial charge in [0.05, 0.1) is 0 Å². The second kappa shape index (κ2) is 7.45. The van der Waals surface area contributed by atoms with E-state index in [2.05, 4.69) is 4.18 Å². The molecule has 1 aliphatic heterocycles. The van der Waals surface area contributed by atoms with Crippen LogP contribution in [0, 0.1) is 0 Å². The lowest BCUT2D eigenvalue weighted by Crippen LogP contribution is -2.50. The van der Waals surface area contributed by atoms with Crippen LogP contribution in [0.2, 0.25) is 0 Å². The molecule has 0 radical (unpaired) electrons. The Kier molecular flexibility index (Phi) is 5.83. The number of nitrogens with zero attached hydrogens (tertiary/aromatic N) is 2. The summed E-state index contributed by atoms with van der Waals surface area (Å²) in [7, 11) is -5.69. The van der Waals surface area contributed by atoms with E-state index in [1.54, 1.807) is 25.7 Å². The highest BCUT2D eigenvalue weighted by Gasteiger charge is 2.48. The van der Waals surface area contributed by atoms with Crippen molar-refractivity contribution in [1.82, 2.24) is 4.90 Å². The Morgan fingerprint density at radius 3 is 1.96 bits per heavy atom. The minimum atomic E-state index is -5.69. The van der Waals surface area contributed by atoms with Crippen molar-refractivity contribution in [1.29, 1.82) is 0 Å². The van der Waals surface area contributed by atoms with Crippen molar-refractivity contribution in [3.8, 4) is 5.75 Å². The maximum atomic E-state index is 12.3. The van der Waals surface area contributed by atoms with Gasteiger partial charge in [-0.15, -0.1) is 0 Å². The molecule has 0 bridgehead atoms. The minimum Gasteiger partial charge on any atom is -0.444 e. The highest BCUT2D eigenvalue weighted by atomic mass is 32.2. The van der Waals surface area contributed by atoms with Gasteiger partial charge in [-0.2, -0.15) is 21.6 Å². The van der Waals surface area contributed by atoms with E-state index in [0.717, 1.165) is 12.1 Å². The first kappa shape index (κ1) is 21.1. The molecule has 0 spiro atoms. The lowest BCUT2D eigenvalue weighted by molar-refractivity contribution is -0.0500. The van der Waals surface area contributed by atoms with Crippen molar-refractivity contribution in [3.63, 3.8) is 0 Å². The van der Waals surface area contributed by atoms with Gasteiger partial charge in [0.1, 0.15) is 11.4 Å². The molecule has 1 saturated heterocycles. The number of halogens is 3. The van der Waals surface area contributed by atoms with Crippen LogP contribution in [-0.2, 0) is 14.9 Å². The lowest BCUT2D eigenvalue weighted by Gasteiger charge is -2.36. The molecule has 0 unspecified atom stereocenters. The third-order valence-electron chi connectivity index (χ3n) is 3.62. The molecular weight excluding hydrogens is 389 g/mol. The molecule has 0 N–H and O–H groups in total. The maximum absolute atomic E-state index is 12.3. The third kappa shape index (κ3) is 5.65. The SMILES string of the molecule is CC(C)(C)OC(=O)N1CCN(c2ccc(OS(=O)(=O)C(F)(F)F)cc2)CC1. The van der Waals surface area contributed by atoms with Crippen molar-refractivity contribution in [3.05, 3.63) is 24.3 Å². The van der Waals surface area contributed by atoms with E-state index in [1.807, 2.05) is 4.90 Å². The van der Waals surface area contributed by atoms with Gasteiger partial charge >= 0.3 is 21.7 Å². The third-order valence-corrected chi connectivity index (χ3v) is 4.60. The zero-order valence-electron chi connectivity index (χ0n) is 15.1. The lowest BCUT2D eigenvalue weighted by atomic mass is 10.2. The zero-order chi connectivity index (χ0) is 20.5. The highest BCUT2D eigenvalue weighted by Crippen LogP contribution is 2.28. The summed E-state index contributed by atoms with van der Waals surface area (Å²) in [5.74, 6) is -0.427. The molecule has 1 heterocycles. The van der Waals surface area contributed by atoms with Gasteiger partial charge in [0, 0.05) is 31.9 Å². The predicted octanol–water partition coefficient (Wildman–Crippen LogP) is 2.97. The Labute approximate surface area is 155 Å². The average molecular weight is 410 g/mol. The Bertz CT molecular complexity index is 765. The molecule has 0 saturated carbocycles. The largest absolute Gasteiger partial charge is 0.534 e. The second-order valence-corrected chi connectivity index (χ2v) is 8.47. The second-order valence-electron chi connectivity index (χ2n) is 6.93. The van der Waals surface area contributed by atoms with Crippen LogP contribution in [0.25, 0.3) is 0 Å². The Morgan fingerprint density at radius 1 is 1.00 bits per heavy atom. The maximum Gasteiger partial charge on any atom is 0.534 e. The van der Waals surface area contributed by atoms with Crippen LogP contribution in [-0.4, -0.2) is 56.7 Å². The van der Waals surface area contributed by atoms with E-state index in [4.69, 9.17) is 4.74 Å². The molecule has 0 aliphatic carbocycles. The summed E-state index contributed by atoms with van der Waals surface area (Å²) in [6, 6.07) is 5.23. The number of ether oxygens (including phenoxy) is 1. The van der Waals surface area contributed by atoms with Crippen molar-refractivity contribution in [2.75, 3.05) is 31.1 Å². The molecule has 2 rings (SSSR count). The fraction of sp³-hybridized carbons (Fsp3) is 0.562. The fourth-order valence-corrected chi connectivity index (χ4v) is 2.82. The number of carbonyl (C=O) groups is 1. The molecular formula is C16H21F3N2O5S. The van der Waals surface area contributed by atoms with Gasteiger partial charge in [-0.25, -0.2) is 4.79 Å². The van der Waals surface area contributed by atoms with Gasteiger partial charge in [-0.1, -0.05) is 0 Å². The van der Waals surface area contributed by atoms with Crippen molar-refractivity contribution in [2.45, 2.75) is 31.9 Å². The van der Waals surface area contributed by atoms with Crippen LogP contribution < -0.4 is 9.08 Å². The number of amides is 1. The van der Waals surface area contributed by atoms with Crippen LogP contribution in [0.3, 0.4) is 0 Å². The monoisotopic (exact) mass is 410 g/mol. The van der Waals surface area contributed by atoms with E-state index < -0.39 is 33.1 Å². The summed E-state index contributed by atoms with van der Waals surface area (Å²) < 4.78 is 68.4. The molecule has 1 aromatic rings. The number of carbonyl (C=O) groups excluding carboxylic acids is 1. The van der Waals surface area contributed by atoms with Crippen molar-refractivity contribution < 1.29 is 35.3 Å². The molecule has 152 valence electrons. The van der Waals surface area contributed by atoms with E-state index in [-0.39, 0.29) is 0 Å². The van der Waals surface area contributed by atoms with E-state index in [1.165, 1.54) is 12.1 Å². The van der Waals surface area contributed by atoms with Crippen LogP contribution in [0.5, 0.6) is 5.75 Å². The van der Waals surface area contributed by atoms with E-state index >= 15 is 0 Å². The van der Waals surface area contributed by atoms with Gasteiger partial charge in [0.25, 0.3) is 0 Å². The molecule has 0 atom stereocenters. The number of alkyl halides is 3. The summed E-state index contributed by atoms with van der Waals surface area (Å²) in [5.41, 5.74) is -5.39. The fourth-order valence-electron chi connectivity index (χ4n) is 2.36. The van der Waals surface area contributed by atoms with Crippen LogP contribution >= 0.6 is 0 Å². The highest BCUT2D eigenvalue weighted by molar-refractivity contribution is 7.88. The normalized spacial score (nSPS) is 16.2. The van der Waals surface area contributed by atoms with Crippen molar-refractivity contribution in [2.24, 2.45) is 0 Å². The van der Waals surface area contributed by atoms with Crippen LogP contribution in [0.15, 0.2) is 24.3 Å². The van der Waals surface area contributed by atoms with E-state index in [9.17, 15) is 26.4 Å². The smallest absolute Gasteiger partial charge is 0.444 e. The number of piperazine rings is 1. The molecule has 27 heavy (non-hydrogen) atoms. The van der Waals surface area contributed by atoms with Gasteiger partial charge in [0.2, 0.25) is 0 Å². The van der Waals surface area contributed by atoms with Crippen LogP contribution in [0.1, 0.15) is 20.8 Å². The van der Waals surface area contributed by atoms with Gasteiger partial charge < -0.3 is 18.7 Å². The molecule has 11 heteroatoms. The summed E-state index contributed by atoms with van der Waals surface area (Å²) in [4.78, 5) is 15.5. The Morgan fingerprint density at radius 2 is 1.52 bits per heavy atom. The summed E-state index contributed by atoms with van der Waals surface area (Å²) in [5, 5.41) is 0. The van der Waals surface area contributed by atoms with Crippen molar-refractivity contribution >= 4 is 21.9 Å². The van der Waals surface area contributed by atoms with Gasteiger partial charge in [-0.05, 0) is 45.0 Å². The molecule has 1 aromatic carbocycles. The summed E-state index contributed by atoms with van der Waals surface area (Å²) in [6.45, 7) is 7.20. The topological polar surface area (TPSA) is 76.2 Å². The van der Waals surface area contributed by atoms with Gasteiger partial charge in [0.15, 0.2) is 0 Å². The standard InChI is InChI=1S/C16H21F3N2O5S/c1-15(2,3)25-14(22)21-10-8-20(9-11-21)12-4-6-13(7-5-12)26-27(23,24)16(17,18)19/h4-7H,8-11H2,1-3H3. The molecule has 1 aliphatic rings. The van der Waals surface area contributed by atoms with E-state index in [0.29, 0.717) is 31.9 Å². The first-order valence-electron chi connectivity index (χ1n) is 8.12. The number of benzene rings is 1. The first-order valence-corrected chi connectivity index (χ1v) is 9.53. The molecule has 1 fully saturated rings. The zero-order valence-corrected chi connectivity index (χ0v) is 15.9. The Hall–Kier alpha value is -2.17. The van der Waals surface area contributed by atoms with Crippen LogP contribution in [0.4, 0.5) is 23.7 Å². The number of hydrogen-bond donors (Lipinski definition) is 0. The quantitative estimate of drug-likeness (QED) is 0.563. The molecule has 7 nitrogen and oxygen atoms in total. The number of hydrogen-bond acceptors (Lipinski definition) is 6. The molecule has 1 amide bonds. The minimum absolute atomic E-state index is 0.400. The average Bonchev–Trinajstić information content (AvgIpc) is 2.53.